The van der Waals surface area contributed by atoms with E-state index in [-0.39, 0.29) is 11.8 Å². The Bertz CT molecular complexity index is 363. The van der Waals surface area contributed by atoms with Crippen molar-refractivity contribution in [1.29, 1.82) is 0 Å². The van der Waals surface area contributed by atoms with Crippen molar-refractivity contribution in [3.8, 4) is 0 Å². The van der Waals surface area contributed by atoms with E-state index in [4.69, 9.17) is 0 Å². The number of hydrogen-bond acceptors (Lipinski definition) is 1. The van der Waals surface area contributed by atoms with Gasteiger partial charge in [0, 0.05) is 18.7 Å². The van der Waals surface area contributed by atoms with Crippen molar-refractivity contribution in [2.45, 2.75) is 32.6 Å². The van der Waals surface area contributed by atoms with E-state index in [1.807, 2.05) is 31.3 Å². The Balaban J connectivity index is 2.08. The van der Waals surface area contributed by atoms with Crippen molar-refractivity contribution < 1.29 is 4.79 Å². The van der Waals surface area contributed by atoms with Gasteiger partial charge in [-0.05, 0) is 31.9 Å². The van der Waals surface area contributed by atoms with E-state index in [2.05, 4.69) is 6.92 Å². The number of carbonyl (C=O) groups is 1. The second-order valence-corrected chi connectivity index (χ2v) is 4.71. The first-order valence-corrected chi connectivity index (χ1v) is 6.03. The number of amides is 1. The number of anilines is 1. The molecule has 0 spiro atoms. The summed E-state index contributed by atoms with van der Waals surface area (Å²) >= 11 is 0. The van der Waals surface area contributed by atoms with E-state index in [0.717, 1.165) is 18.5 Å². The van der Waals surface area contributed by atoms with Crippen molar-refractivity contribution in [3.05, 3.63) is 29.8 Å². The van der Waals surface area contributed by atoms with Crippen LogP contribution in [0.2, 0.25) is 0 Å². The van der Waals surface area contributed by atoms with Crippen molar-refractivity contribution in [2.24, 2.45) is 5.92 Å². The van der Waals surface area contributed by atoms with Crippen molar-refractivity contribution >= 4 is 11.6 Å². The van der Waals surface area contributed by atoms with Crippen LogP contribution in [-0.4, -0.2) is 13.0 Å². The van der Waals surface area contributed by atoms with Crippen LogP contribution in [0.15, 0.2) is 24.3 Å². The molecule has 2 nitrogen and oxygen atoms in total. The molecule has 16 heavy (non-hydrogen) atoms. The van der Waals surface area contributed by atoms with Gasteiger partial charge >= 0.3 is 0 Å². The number of nitrogens with zero attached hydrogens (tertiary/aromatic N) is 1. The number of hydrogen-bond donors (Lipinski definition) is 0. The topological polar surface area (TPSA) is 20.3 Å². The van der Waals surface area contributed by atoms with E-state index < -0.39 is 0 Å². The minimum absolute atomic E-state index is 0.256. The van der Waals surface area contributed by atoms with Crippen molar-refractivity contribution in [2.75, 3.05) is 11.9 Å². The summed E-state index contributed by atoms with van der Waals surface area (Å²) in [6, 6.07) is 8.13. The van der Waals surface area contributed by atoms with E-state index in [1.165, 1.54) is 18.4 Å². The molecule has 1 aromatic carbocycles. The molecular formula is C14H19NO. The van der Waals surface area contributed by atoms with E-state index >= 15 is 0 Å². The van der Waals surface area contributed by atoms with Crippen LogP contribution >= 0.6 is 0 Å². The van der Waals surface area contributed by atoms with Crippen LogP contribution in [0.1, 0.15) is 31.2 Å². The first-order valence-electron chi connectivity index (χ1n) is 6.03. The molecule has 0 radical (unpaired) electrons. The highest BCUT2D eigenvalue weighted by molar-refractivity contribution is 5.94. The van der Waals surface area contributed by atoms with Crippen LogP contribution in [0.25, 0.3) is 0 Å². The van der Waals surface area contributed by atoms with Crippen LogP contribution in [-0.2, 0) is 4.79 Å². The van der Waals surface area contributed by atoms with E-state index in [1.54, 1.807) is 4.90 Å². The summed E-state index contributed by atoms with van der Waals surface area (Å²) < 4.78 is 0. The number of benzene rings is 1. The molecule has 0 aliphatic heterocycles. The summed E-state index contributed by atoms with van der Waals surface area (Å²) in [5.41, 5.74) is 2.23. The fourth-order valence-electron chi connectivity index (χ4n) is 2.34. The molecular weight excluding hydrogens is 198 g/mol. The molecule has 0 saturated heterocycles. The van der Waals surface area contributed by atoms with E-state index in [0.29, 0.717) is 0 Å². The number of carbonyl (C=O) groups excluding carboxylic acids is 1. The highest BCUT2D eigenvalue weighted by atomic mass is 16.2. The Morgan fingerprint density at radius 1 is 1.19 bits per heavy atom. The molecule has 0 unspecified atom stereocenters. The molecule has 86 valence electrons. The SMILES string of the molecule is Cc1ccc(N(C)C(=O)C2CCCC2)cc1. The molecule has 1 aromatic rings. The average Bonchev–Trinajstić information content (AvgIpc) is 2.81. The van der Waals surface area contributed by atoms with Crippen molar-refractivity contribution in [3.63, 3.8) is 0 Å². The second-order valence-electron chi connectivity index (χ2n) is 4.71. The molecule has 0 aromatic heterocycles. The molecule has 0 bridgehead atoms. The van der Waals surface area contributed by atoms with Crippen LogP contribution in [0.3, 0.4) is 0 Å². The Kier molecular flexibility index (Phi) is 3.28. The Hall–Kier alpha value is -1.31. The largest absolute Gasteiger partial charge is 0.315 e. The van der Waals surface area contributed by atoms with Gasteiger partial charge in [-0.3, -0.25) is 4.79 Å². The predicted molar refractivity (Wildman–Crippen MR) is 66.5 cm³/mol. The lowest BCUT2D eigenvalue weighted by atomic mass is 10.1. The van der Waals surface area contributed by atoms with Gasteiger partial charge in [-0.25, -0.2) is 0 Å². The summed E-state index contributed by atoms with van der Waals surface area (Å²) in [6.45, 7) is 2.06. The maximum atomic E-state index is 12.2. The molecule has 2 heteroatoms. The summed E-state index contributed by atoms with van der Waals surface area (Å²) in [5, 5.41) is 0. The first-order chi connectivity index (χ1) is 7.68. The fourth-order valence-corrected chi connectivity index (χ4v) is 2.34. The number of rotatable bonds is 2. The summed E-state index contributed by atoms with van der Waals surface area (Å²) in [4.78, 5) is 14.0. The van der Waals surface area contributed by atoms with Crippen LogP contribution in [0.4, 0.5) is 5.69 Å². The molecule has 1 amide bonds. The fraction of sp³-hybridized carbons (Fsp3) is 0.500. The molecule has 1 fully saturated rings. The Labute approximate surface area is 97.3 Å². The van der Waals surface area contributed by atoms with Crippen LogP contribution in [0, 0.1) is 12.8 Å². The number of aryl methyl sites for hydroxylation is 1. The quantitative estimate of drug-likeness (QED) is 0.745. The van der Waals surface area contributed by atoms with Crippen molar-refractivity contribution in [1.82, 2.24) is 0 Å². The molecule has 2 rings (SSSR count). The molecule has 0 N–H and O–H groups in total. The maximum absolute atomic E-state index is 12.2. The van der Waals surface area contributed by atoms with Gasteiger partial charge in [0.05, 0.1) is 0 Å². The summed E-state index contributed by atoms with van der Waals surface area (Å²) in [7, 11) is 1.88. The predicted octanol–water partition coefficient (Wildman–Crippen LogP) is 3.15. The van der Waals surface area contributed by atoms with Gasteiger partial charge < -0.3 is 4.90 Å². The third-order valence-corrected chi connectivity index (χ3v) is 3.46. The molecule has 1 aliphatic rings. The summed E-state index contributed by atoms with van der Waals surface area (Å²) in [6.07, 6.45) is 4.54. The lowest BCUT2D eigenvalue weighted by Gasteiger charge is -2.21. The lowest BCUT2D eigenvalue weighted by molar-refractivity contribution is -0.121. The van der Waals surface area contributed by atoms with Gasteiger partial charge in [0.15, 0.2) is 0 Å². The van der Waals surface area contributed by atoms with Gasteiger partial charge in [0.1, 0.15) is 0 Å². The highest BCUT2D eigenvalue weighted by Crippen LogP contribution is 2.27. The van der Waals surface area contributed by atoms with Gasteiger partial charge in [-0.1, -0.05) is 30.5 Å². The minimum Gasteiger partial charge on any atom is -0.315 e. The zero-order valence-electron chi connectivity index (χ0n) is 10.1. The third-order valence-electron chi connectivity index (χ3n) is 3.46. The minimum atomic E-state index is 0.256. The molecule has 0 heterocycles. The molecule has 1 saturated carbocycles. The Morgan fingerprint density at radius 3 is 2.31 bits per heavy atom. The molecule has 1 aliphatic carbocycles. The smallest absolute Gasteiger partial charge is 0.229 e. The van der Waals surface area contributed by atoms with Gasteiger partial charge in [-0.2, -0.15) is 0 Å². The lowest BCUT2D eigenvalue weighted by Crippen LogP contribution is -2.31. The first kappa shape index (κ1) is 11.2. The van der Waals surface area contributed by atoms with Gasteiger partial charge in [0.2, 0.25) is 5.91 Å². The summed E-state index contributed by atoms with van der Waals surface area (Å²) in [5.74, 6) is 0.535. The average molecular weight is 217 g/mol. The maximum Gasteiger partial charge on any atom is 0.229 e. The highest BCUT2D eigenvalue weighted by Gasteiger charge is 2.25. The third kappa shape index (κ3) is 2.26. The van der Waals surface area contributed by atoms with E-state index in [9.17, 15) is 4.79 Å². The second kappa shape index (κ2) is 4.69. The zero-order valence-corrected chi connectivity index (χ0v) is 10.1. The molecule has 0 atom stereocenters. The van der Waals surface area contributed by atoms with Gasteiger partial charge in [-0.15, -0.1) is 0 Å². The monoisotopic (exact) mass is 217 g/mol. The zero-order chi connectivity index (χ0) is 11.5. The normalized spacial score (nSPS) is 16.4. The standard InChI is InChI=1S/C14H19NO/c1-11-7-9-13(10-8-11)15(2)14(16)12-5-3-4-6-12/h7-10,12H,3-6H2,1-2H3. The van der Waals surface area contributed by atoms with Gasteiger partial charge in [0.25, 0.3) is 0 Å². The Morgan fingerprint density at radius 2 is 1.75 bits per heavy atom. The van der Waals surface area contributed by atoms with Crippen LogP contribution < -0.4 is 4.90 Å². The van der Waals surface area contributed by atoms with Crippen LogP contribution in [0.5, 0.6) is 0 Å².